The number of nitrogens with zero attached hydrogens (tertiary/aromatic N) is 2. The van der Waals surface area contributed by atoms with Crippen LogP contribution in [0.4, 0.5) is 0 Å². The third-order valence-corrected chi connectivity index (χ3v) is 3.93. The zero-order valence-corrected chi connectivity index (χ0v) is 10.1. The Labute approximate surface area is 103 Å². The largest absolute Gasteiger partial charge is 0.284 e. The van der Waals surface area contributed by atoms with Gasteiger partial charge in [-0.25, -0.2) is 0 Å². The highest BCUT2D eigenvalue weighted by Gasteiger charge is 2.25. The average Bonchev–Trinajstić information content (AvgIpc) is 3.09. The van der Waals surface area contributed by atoms with E-state index in [2.05, 4.69) is 35.2 Å². The van der Waals surface area contributed by atoms with Crippen molar-refractivity contribution in [2.45, 2.75) is 37.6 Å². The number of hydrogen-bond donors (Lipinski definition) is 0. The Kier molecular flexibility index (Phi) is 2.86. The van der Waals surface area contributed by atoms with Gasteiger partial charge in [0.25, 0.3) is 0 Å². The van der Waals surface area contributed by atoms with Crippen LogP contribution >= 0.6 is 0 Å². The fraction of sp³-hybridized carbons (Fsp3) is 0.533. The fourth-order valence-electron chi connectivity index (χ4n) is 2.73. The molecule has 2 heteroatoms. The van der Waals surface area contributed by atoms with Gasteiger partial charge in [-0.1, -0.05) is 24.3 Å². The van der Waals surface area contributed by atoms with Crippen molar-refractivity contribution in [1.29, 1.82) is 5.26 Å². The topological polar surface area (TPSA) is 27.0 Å². The highest BCUT2D eigenvalue weighted by molar-refractivity contribution is 5.32. The molecule has 0 bridgehead atoms. The predicted molar refractivity (Wildman–Crippen MR) is 67.6 cm³/mol. The Bertz CT molecular complexity index is 419. The lowest BCUT2D eigenvalue weighted by atomic mass is 10.0. The molecule has 1 saturated heterocycles. The van der Waals surface area contributed by atoms with E-state index >= 15 is 0 Å². The summed E-state index contributed by atoms with van der Waals surface area (Å²) >= 11 is 0. The number of benzene rings is 1. The number of hydrogen-bond acceptors (Lipinski definition) is 2. The molecule has 0 aromatic heterocycles. The van der Waals surface area contributed by atoms with Gasteiger partial charge in [0.15, 0.2) is 0 Å². The van der Waals surface area contributed by atoms with Gasteiger partial charge < -0.3 is 0 Å². The molecule has 1 saturated carbocycles. The van der Waals surface area contributed by atoms with E-state index in [1.807, 2.05) is 0 Å². The Hall–Kier alpha value is -1.33. The molecule has 2 nitrogen and oxygen atoms in total. The van der Waals surface area contributed by atoms with Gasteiger partial charge in [-0.05, 0) is 55.8 Å². The lowest BCUT2D eigenvalue weighted by molar-refractivity contribution is 0.294. The molecule has 1 aromatic carbocycles. The highest BCUT2D eigenvalue weighted by atomic mass is 15.2. The third kappa shape index (κ3) is 2.21. The van der Waals surface area contributed by atoms with Crippen LogP contribution in [-0.2, 0) is 0 Å². The van der Waals surface area contributed by atoms with Crippen molar-refractivity contribution in [3.05, 3.63) is 35.4 Å². The van der Waals surface area contributed by atoms with Gasteiger partial charge in [0.2, 0.25) is 0 Å². The number of nitriles is 1. The van der Waals surface area contributed by atoms with Crippen LogP contribution in [0, 0.1) is 11.3 Å². The van der Waals surface area contributed by atoms with Crippen LogP contribution in [0.2, 0.25) is 0 Å². The summed E-state index contributed by atoms with van der Waals surface area (Å²) in [4.78, 5) is 2.30. The second-order valence-electron chi connectivity index (χ2n) is 5.22. The smallest absolute Gasteiger partial charge is 0.123 e. The first-order valence-corrected chi connectivity index (χ1v) is 6.62. The number of rotatable bonds is 3. The molecule has 1 heterocycles. The molecule has 1 aliphatic carbocycles. The van der Waals surface area contributed by atoms with Gasteiger partial charge in [-0.15, -0.1) is 0 Å². The first-order chi connectivity index (χ1) is 8.38. The van der Waals surface area contributed by atoms with E-state index in [1.54, 1.807) is 0 Å². The molecule has 1 aromatic rings. The van der Waals surface area contributed by atoms with Crippen LogP contribution in [0.25, 0.3) is 0 Å². The maximum atomic E-state index is 9.34. The van der Waals surface area contributed by atoms with E-state index in [9.17, 15) is 5.26 Å². The monoisotopic (exact) mass is 226 g/mol. The van der Waals surface area contributed by atoms with Gasteiger partial charge in [-0.3, -0.25) is 4.90 Å². The van der Waals surface area contributed by atoms with Gasteiger partial charge in [0.1, 0.15) is 6.04 Å². The maximum Gasteiger partial charge on any atom is 0.123 e. The lowest BCUT2D eigenvalue weighted by Gasteiger charge is -2.21. The zero-order chi connectivity index (χ0) is 11.7. The molecule has 0 N–H and O–H groups in total. The molecule has 17 heavy (non-hydrogen) atoms. The average molecular weight is 226 g/mol. The van der Waals surface area contributed by atoms with Crippen LogP contribution in [-0.4, -0.2) is 18.0 Å². The van der Waals surface area contributed by atoms with E-state index in [0.29, 0.717) is 0 Å². The van der Waals surface area contributed by atoms with E-state index in [0.717, 1.165) is 19.0 Å². The molecule has 2 aliphatic rings. The van der Waals surface area contributed by atoms with Crippen molar-refractivity contribution >= 4 is 0 Å². The molecule has 0 spiro atoms. The fourth-order valence-corrected chi connectivity index (χ4v) is 2.73. The van der Waals surface area contributed by atoms with Crippen molar-refractivity contribution in [2.75, 3.05) is 13.1 Å². The van der Waals surface area contributed by atoms with Gasteiger partial charge in [0.05, 0.1) is 6.07 Å². The molecular formula is C15H18N2. The minimum atomic E-state index is -0.0363. The van der Waals surface area contributed by atoms with Crippen LogP contribution in [0.1, 0.15) is 48.8 Å². The van der Waals surface area contributed by atoms with Gasteiger partial charge in [0, 0.05) is 0 Å². The molecule has 88 valence electrons. The van der Waals surface area contributed by atoms with Crippen LogP contribution in [0.15, 0.2) is 24.3 Å². The Morgan fingerprint density at radius 2 is 1.76 bits per heavy atom. The second-order valence-corrected chi connectivity index (χ2v) is 5.22. The summed E-state index contributed by atoms with van der Waals surface area (Å²) in [6, 6.07) is 11.2. The minimum Gasteiger partial charge on any atom is -0.284 e. The highest BCUT2D eigenvalue weighted by Crippen LogP contribution is 2.40. The molecule has 3 rings (SSSR count). The molecule has 0 amide bonds. The summed E-state index contributed by atoms with van der Waals surface area (Å²) < 4.78 is 0. The first kappa shape index (κ1) is 10.8. The Morgan fingerprint density at radius 1 is 1.12 bits per heavy atom. The molecule has 1 unspecified atom stereocenters. The van der Waals surface area contributed by atoms with Crippen molar-refractivity contribution in [1.82, 2.24) is 4.90 Å². The third-order valence-electron chi connectivity index (χ3n) is 3.93. The van der Waals surface area contributed by atoms with Crippen molar-refractivity contribution in [2.24, 2.45) is 0 Å². The molecule has 1 atom stereocenters. The quantitative estimate of drug-likeness (QED) is 0.791. The van der Waals surface area contributed by atoms with Crippen molar-refractivity contribution in [3.8, 4) is 6.07 Å². The summed E-state index contributed by atoms with van der Waals surface area (Å²) in [5, 5.41) is 9.34. The summed E-state index contributed by atoms with van der Waals surface area (Å²) in [5.74, 6) is 0.802. The molecule has 1 aliphatic heterocycles. The Morgan fingerprint density at radius 3 is 2.29 bits per heavy atom. The van der Waals surface area contributed by atoms with Gasteiger partial charge >= 0.3 is 0 Å². The van der Waals surface area contributed by atoms with E-state index < -0.39 is 0 Å². The van der Waals surface area contributed by atoms with Crippen LogP contribution in [0.3, 0.4) is 0 Å². The lowest BCUT2D eigenvalue weighted by Crippen LogP contribution is -2.24. The van der Waals surface area contributed by atoms with Crippen molar-refractivity contribution < 1.29 is 0 Å². The number of likely N-dealkylation sites (tertiary alicyclic amines) is 1. The van der Waals surface area contributed by atoms with Crippen LogP contribution in [0.5, 0.6) is 0 Å². The zero-order valence-electron chi connectivity index (χ0n) is 10.1. The summed E-state index contributed by atoms with van der Waals surface area (Å²) in [5.41, 5.74) is 2.62. The minimum absolute atomic E-state index is 0.0363. The van der Waals surface area contributed by atoms with Crippen LogP contribution < -0.4 is 0 Å². The SMILES string of the molecule is N#CC(c1ccc(C2CC2)cc1)N1CCCC1. The normalized spacial score (nSPS) is 22.3. The molecule has 0 radical (unpaired) electrons. The maximum absolute atomic E-state index is 9.34. The Balaban J connectivity index is 1.78. The second kappa shape index (κ2) is 4.50. The van der Waals surface area contributed by atoms with Gasteiger partial charge in [-0.2, -0.15) is 5.26 Å². The summed E-state index contributed by atoms with van der Waals surface area (Å²) in [6.45, 7) is 2.14. The summed E-state index contributed by atoms with van der Waals surface area (Å²) in [7, 11) is 0. The molecule has 2 fully saturated rings. The predicted octanol–water partition coefficient (Wildman–Crippen LogP) is 3.22. The molecular weight excluding hydrogens is 208 g/mol. The standard InChI is InChI=1S/C15H18N2/c16-11-15(17-9-1-2-10-17)14-7-5-13(6-8-14)12-3-4-12/h5-8,12,15H,1-4,9-10H2. The van der Waals surface area contributed by atoms with E-state index in [4.69, 9.17) is 0 Å². The van der Waals surface area contributed by atoms with E-state index in [1.165, 1.54) is 36.8 Å². The van der Waals surface area contributed by atoms with E-state index in [-0.39, 0.29) is 6.04 Å². The first-order valence-electron chi connectivity index (χ1n) is 6.62. The summed E-state index contributed by atoms with van der Waals surface area (Å²) in [6.07, 6.45) is 5.15. The van der Waals surface area contributed by atoms with Crippen molar-refractivity contribution in [3.63, 3.8) is 0 Å².